The lowest BCUT2D eigenvalue weighted by Gasteiger charge is -2.36. The Balaban J connectivity index is 1.50. The maximum atomic E-state index is 6.85. The highest BCUT2D eigenvalue weighted by molar-refractivity contribution is 7.79. The van der Waals surface area contributed by atoms with Crippen LogP contribution in [0.15, 0.2) is 157 Å². The third-order valence-electron chi connectivity index (χ3n) is 8.52. The minimum atomic E-state index is -0.847. The highest BCUT2D eigenvalue weighted by Crippen LogP contribution is 2.24. The van der Waals surface area contributed by atoms with Gasteiger partial charge in [-0.3, -0.25) is 0 Å². The van der Waals surface area contributed by atoms with Crippen LogP contribution in [0.2, 0.25) is 0 Å². The molecule has 5 rings (SSSR count). The fraction of sp³-hybridized carbons (Fsp3) is 0.304. The Morgan fingerprint density at radius 2 is 1.07 bits per heavy atom. The van der Waals surface area contributed by atoms with Crippen molar-refractivity contribution in [1.82, 2.24) is 0 Å². The molecular formula is C46H51NO8S. The molecular weight excluding hydrogens is 727 g/mol. The van der Waals surface area contributed by atoms with E-state index in [1.807, 2.05) is 152 Å². The van der Waals surface area contributed by atoms with Crippen LogP contribution in [0.4, 0.5) is 0 Å². The molecule has 294 valence electrons. The summed E-state index contributed by atoms with van der Waals surface area (Å²) in [6.45, 7) is 3.79. The molecule has 4 atom stereocenters. The lowest BCUT2D eigenvalue weighted by atomic mass is 10.0. The molecule has 0 aliphatic carbocycles. The van der Waals surface area contributed by atoms with Crippen molar-refractivity contribution in [2.24, 2.45) is 5.16 Å². The van der Waals surface area contributed by atoms with E-state index in [1.54, 1.807) is 6.21 Å². The summed E-state index contributed by atoms with van der Waals surface area (Å²) in [6.07, 6.45) is 0.201. The van der Waals surface area contributed by atoms with Crippen LogP contribution >= 0.6 is 12.2 Å². The van der Waals surface area contributed by atoms with Crippen LogP contribution in [0.1, 0.15) is 42.0 Å². The Morgan fingerprint density at radius 1 is 0.589 bits per heavy atom. The average Bonchev–Trinajstić information content (AvgIpc) is 3.24. The van der Waals surface area contributed by atoms with Gasteiger partial charge in [0.05, 0.1) is 45.9 Å². The first-order chi connectivity index (χ1) is 27.7. The van der Waals surface area contributed by atoms with Crippen LogP contribution in [0.3, 0.4) is 0 Å². The van der Waals surface area contributed by atoms with Gasteiger partial charge in [0.25, 0.3) is 0 Å². The van der Waals surface area contributed by atoms with Gasteiger partial charge >= 0.3 is 5.24 Å². The fourth-order valence-electron chi connectivity index (χ4n) is 5.58. The molecule has 0 heterocycles. The van der Waals surface area contributed by atoms with Gasteiger partial charge in [0.15, 0.2) is 6.10 Å². The number of thiocarbonyl (C=S) groups is 1. The second-order valence-electron chi connectivity index (χ2n) is 12.9. The average molecular weight is 778 g/mol. The molecule has 5 aromatic rings. The lowest BCUT2D eigenvalue weighted by molar-refractivity contribution is -0.173. The highest BCUT2D eigenvalue weighted by Gasteiger charge is 2.40. The van der Waals surface area contributed by atoms with Crippen molar-refractivity contribution in [3.05, 3.63) is 174 Å². The zero-order valence-corrected chi connectivity index (χ0v) is 32.6. The van der Waals surface area contributed by atoms with Gasteiger partial charge in [-0.25, -0.2) is 0 Å². The Hall–Kier alpha value is -4.94. The molecule has 5 aromatic carbocycles. The largest absolute Gasteiger partial charge is 0.448 e. The number of para-hydroxylation sites is 1. The van der Waals surface area contributed by atoms with Gasteiger partial charge < -0.3 is 38.0 Å². The van der Waals surface area contributed by atoms with Crippen molar-refractivity contribution < 1.29 is 38.0 Å². The smallest absolute Gasteiger partial charge is 0.358 e. The molecule has 9 nitrogen and oxygen atoms in total. The number of rotatable bonds is 25. The number of unbranched alkanes of at least 4 members (excludes halogenated alkanes) is 1. The topological polar surface area (TPSA) is 86.2 Å². The van der Waals surface area contributed by atoms with Crippen molar-refractivity contribution in [3.63, 3.8) is 0 Å². The normalized spacial score (nSPS) is 13.4. The molecule has 0 aliphatic heterocycles. The minimum Gasteiger partial charge on any atom is -0.448 e. The maximum Gasteiger partial charge on any atom is 0.358 e. The van der Waals surface area contributed by atoms with Gasteiger partial charge in [0.2, 0.25) is 6.79 Å². The van der Waals surface area contributed by atoms with Gasteiger partial charge in [-0.15, -0.1) is 0 Å². The quantitative estimate of drug-likeness (QED) is 0.0189. The van der Waals surface area contributed by atoms with Crippen LogP contribution in [-0.4, -0.2) is 55.9 Å². The Morgan fingerprint density at radius 3 is 1.61 bits per heavy atom. The van der Waals surface area contributed by atoms with E-state index in [2.05, 4.69) is 12.1 Å². The van der Waals surface area contributed by atoms with E-state index in [-0.39, 0.29) is 38.5 Å². The van der Waals surface area contributed by atoms with Crippen molar-refractivity contribution in [1.29, 1.82) is 0 Å². The third-order valence-corrected chi connectivity index (χ3v) is 8.70. The molecule has 0 unspecified atom stereocenters. The van der Waals surface area contributed by atoms with E-state index in [0.717, 1.165) is 35.1 Å². The van der Waals surface area contributed by atoms with Crippen molar-refractivity contribution in [3.8, 4) is 5.75 Å². The summed E-state index contributed by atoms with van der Waals surface area (Å²) >= 11 is 5.70. The minimum absolute atomic E-state index is 0.00443. The summed E-state index contributed by atoms with van der Waals surface area (Å²) in [5.41, 5.74) is 3.88. The summed E-state index contributed by atoms with van der Waals surface area (Å²) in [4.78, 5) is 5.56. The fourth-order valence-corrected chi connectivity index (χ4v) is 5.80. The van der Waals surface area contributed by atoms with Gasteiger partial charge in [-0.1, -0.05) is 158 Å². The van der Waals surface area contributed by atoms with Gasteiger partial charge in [0, 0.05) is 12.2 Å². The molecule has 0 N–H and O–H groups in total. The molecule has 0 saturated heterocycles. The first-order valence-corrected chi connectivity index (χ1v) is 19.3. The molecule has 0 bridgehead atoms. The Kier molecular flexibility index (Phi) is 19.0. The maximum absolute atomic E-state index is 6.85. The Labute approximate surface area is 336 Å². The van der Waals surface area contributed by atoms with Crippen LogP contribution < -0.4 is 4.74 Å². The standard InChI is InChI=1S/C46H51NO8S/c1-2-3-29-48-36-53-47-30-42(50-32-38-21-11-5-12-22-38)44(51-33-39-23-13-6-14-24-39)45(52-34-40-25-15-7-16-26-40)43(35-49-31-37-19-9-4-10-20-37)55-46(56)54-41-27-17-8-18-28-41/h4-28,30,42-45H,2-3,29,31-36H2,1H3/b47-30+/t42-,43+,44+,45+/m0/s1. The monoisotopic (exact) mass is 777 g/mol. The van der Waals surface area contributed by atoms with Crippen LogP contribution in [-0.2, 0) is 59.7 Å². The number of ether oxygens (including phenoxy) is 7. The predicted octanol–water partition coefficient (Wildman–Crippen LogP) is 9.49. The van der Waals surface area contributed by atoms with Gasteiger partial charge in [-0.05, 0) is 40.8 Å². The van der Waals surface area contributed by atoms with Crippen molar-refractivity contribution in [2.75, 3.05) is 20.0 Å². The van der Waals surface area contributed by atoms with E-state index in [0.29, 0.717) is 19.0 Å². The van der Waals surface area contributed by atoms with Crippen LogP contribution in [0.5, 0.6) is 5.75 Å². The SMILES string of the molecule is CCCCOCO/N=C/[C@H](OCc1ccccc1)[C@@H](OCc1ccccc1)[C@H](OCc1ccccc1)[C@@H](COCc1ccccc1)OC(=S)Oc1ccccc1. The zero-order chi connectivity index (χ0) is 38.9. The highest BCUT2D eigenvalue weighted by atomic mass is 32.1. The summed E-state index contributed by atoms with van der Waals surface area (Å²) in [5.74, 6) is 0.537. The molecule has 0 radical (unpaired) electrons. The first-order valence-electron chi connectivity index (χ1n) is 18.9. The van der Waals surface area contributed by atoms with Crippen LogP contribution in [0, 0.1) is 0 Å². The molecule has 0 fully saturated rings. The molecule has 0 aliphatic rings. The molecule has 0 amide bonds. The second-order valence-corrected chi connectivity index (χ2v) is 13.2. The molecule has 0 saturated carbocycles. The predicted molar refractivity (Wildman–Crippen MR) is 221 cm³/mol. The summed E-state index contributed by atoms with van der Waals surface area (Å²) in [6, 6.07) is 48.9. The number of oxime groups is 1. The lowest BCUT2D eigenvalue weighted by Crippen LogP contribution is -2.52. The Bertz CT molecular complexity index is 1790. The van der Waals surface area contributed by atoms with Crippen molar-refractivity contribution in [2.45, 2.75) is 70.6 Å². The summed E-state index contributed by atoms with van der Waals surface area (Å²) in [7, 11) is 0. The van der Waals surface area contributed by atoms with E-state index < -0.39 is 24.4 Å². The summed E-state index contributed by atoms with van der Waals surface area (Å²) in [5, 5.41) is 4.21. The summed E-state index contributed by atoms with van der Waals surface area (Å²) < 4.78 is 44.8. The van der Waals surface area contributed by atoms with Crippen molar-refractivity contribution >= 4 is 23.7 Å². The zero-order valence-electron chi connectivity index (χ0n) is 31.8. The van der Waals surface area contributed by atoms with E-state index in [4.69, 9.17) is 50.2 Å². The molecule has 0 spiro atoms. The van der Waals surface area contributed by atoms with E-state index >= 15 is 0 Å². The number of hydrogen-bond donors (Lipinski definition) is 0. The second kappa shape index (κ2) is 25.3. The molecule has 0 aromatic heterocycles. The number of benzene rings is 5. The molecule has 10 heteroatoms. The van der Waals surface area contributed by atoms with Gasteiger partial charge in [0.1, 0.15) is 24.1 Å². The molecule has 56 heavy (non-hydrogen) atoms. The number of nitrogens with zero attached hydrogens (tertiary/aromatic N) is 1. The van der Waals surface area contributed by atoms with E-state index in [9.17, 15) is 0 Å². The third kappa shape index (κ3) is 15.7. The van der Waals surface area contributed by atoms with Gasteiger partial charge in [-0.2, -0.15) is 0 Å². The van der Waals surface area contributed by atoms with E-state index in [1.165, 1.54) is 0 Å². The van der Waals surface area contributed by atoms with Crippen LogP contribution in [0.25, 0.3) is 0 Å². The first kappa shape index (κ1) is 42.2. The number of hydrogen-bond acceptors (Lipinski definition) is 10.